The molecular formula is C16H13N3O3. The van der Waals surface area contributed by atoms with Crippen LogP contribution in [-0.2, 0) is 0 Å². The second kappa shape index (κ2) is 6.01. The summed E-state index contributed by atoms with van der Waals surface area (Å²) in [7, 11) is 0. The normalized spacial score (nSPS) is 10.2. The molecule has 6 heteroatoms. The molecule has 1 heterocycles. The maximum absolute atomic E-state index is 11.9. The maximum Gasteiger partial charge on any atom is 0.273 e. The van der Waals surface area contributed by atoms with Gasteiger partial charge in [-0.3, -0.25) is 19.8 Å². The molecule has 22 heavy (non-hydrogen) atoms. The molecule has 0 aliphatic rings. The molecule has 0 aliphatic carbocycles. The Labute approximate surface area is 125 Å². The van der Waals surface area contributed by atoms with E-state index in [1.807, 2.05) is 30.3 Å². The van der Waals surface area contributed by atoms with Crippen molar-refractivity contribution in [2.45, 2.75) is 0 Å². The first-order valence-electron chi connectivity index (χ1n) is 6.63. The predicted octanol–water partition coefficient (Wildman–Crippen LogP) is 2.75. The number of carbonyl (C=O) groups is 1. The van der Waals surface area contributed by atoms with E-state index >= 15 is 0 Å². The van der Waals surface area contributed by atoms with Crippen molar-refractivity contribution in [2.75, 3.05) is 5.32 Å². The van der Waals surface area contributed by atoms with Crippen LogP contribution in [0.25, 0.3) is 0 Å². The molecule has 1 amide bonds. The van der Waals surface area contributed by atoms with Gasteiger partial charge in [0.2, 0.25) is 0 Å². The van der Waals surface area contributed by atoms with Gasteiger partial charge in [0.05, 0.1) is 0 Å². The van der Waals surface area contributed by atoms with Gasteiger partial charge in [0.15, 0.2) is 0 Å². The van der Waals surface area contributed by atoms with E-state index in [0.717, 1.165) is 5.75 Å². The van der Waals surface area contributed by atoms with Gasteiger partial charge < -0.3 is 10.1 Å². The van der Waals surface area contributed by atoms with E-state index < -0.39 is 5.91 Å². The van der Waals surface area contributed by atoms with Crippen LogP contribution in [0.4, 0.5) is 5.69 Å². The van der Waals surface area contributed by atoms with E-state index in [4.69, 9.17) is 4.74 Å². The number of para-hydroxylation sites is 1. The molecule has 0 saturated heterocycles. The first-order valence-corrected chi connectivity index (χ1v) is 6.63. The smallest absolute Gasteiger partial charge is 0.273 e. The molecule has 1 aromatic heterocycles. The molecule has 0 unspecified atom stereocenters. The van der Waals surface area contributed by atoms with Crippen LogP contribution < -0.4 is 15.6 Å². The Morgan fingerprint density at radius 1 is 0.909 bits per heavy atom. The summed E-state index contributed by atoms with van der Waals surface area (Å²) in [5.74, 6) is 1.01. The molecular weight excluding hydrogens is 282 g/mol. The summed E-state index contributed by atoms with van der Waals surface area (Å²) in [6.45, 7) is 0. The average Bonchev–Trinajstić information content (AvgIpc) is 2.97. The highest BCUT2D eigenvalue weighted by Crippen LogP contribution is 2.22. The quantitative estimate of drug-likeness (QED) is 0.691. The highest BCUT2D eigenvalue weighted by molar-refractivity contribution is 6.02. The standard InChI is InChI=1S/C16H13N3O3/c20-15-10-14(18-19-15)16(21)17-11-6-8-13(9-7-11)22-12-4-2-1-3-5-12/h1-10H,(H,17,21)(H2,18,19,20). The molecule has 0 atom stereocenters. The molecule has 110 valence electrons. The third-order valence-electron chi connectivity index (χ3n) is 2.93. The third-order valence-corrected chi connectivity index (χ3v) is 2.93. The van der Waals surface area contributed by atoms with Gasteiger partial charge in [0.1, 0.15) is 17.2 Å². The summed E-state index contributed by atoms with van der Waals surface area (Å²) in [4.78, 5) is 22.9. The first kappa shape index (κ1) is 13.7. The lowest BCUT2D eigenvalue weighted by molar-refractivity contribution is 0.102. The number of aromatic nitrogens is 2. The Hall–Kier alpha value is -3.28. The van der Waals surface area contributed by atoms with E-state index in [2.05, 4.69) is 15.5 Å². The summed E-state index contributed by atoms with van der Waals surface area (Å²) in [5.41, 5.74) is 0.429. The van der Waals surface area contributed by atoms with Gasteiger partial charge in [0, 0.05) is 11.8 Å². The van der Waals surface area contributed by atoms with E-state index in [1.165, 1.54) is 6.07 Å². The summed E-state index contributed by atoms with van der Waals surface area (Å²) < 4.78 is 5.66. The largest absolute Gasteiger partial charge is 0.457 e. The van der Waals surface area contributed by atoms with Crippen molar-refractivity contribution in [2.24, 2.45) is 0 Å². The molecule has 0 spiro atoms. The number of anilines is 1. The van der Waals surface area contributed by atoms with Crippen molar-refractivity contribution in [1.29, 1.82) is 0 Å². The number of hydrogen-bond acceptors (Lipinski definition) is 3. The van der Waals surface area contributed by atoms with Crippen LogP contribution >= 0.6 is 0 Å². The zero-order chi connectivity index (χ0) is 15.4. The molecule has 0 radical (unpaired) electrons. The average molecular weight is 295 g/mol. The van der Waals surface area contributed by atoms with Crippen LogP contribution in [0.5, 0.6) is 11.5 Å². The Morgan fingerprint density at radius 2 is 1.59 bits per heavy atom. The molecule has 3 rings (SSSR count). The minimum atomic E-state index is -0.393. The van der Waals surface area contributed by atoms with Crippen molar-refractivity contribution in [3.63, 3.8) is 0 Å². The van der Waals surface area contributed by atoms with Crippen LogP contribution in [-0.4, -0.2) is 16.1 Å². The fourth-order valence-electron chi connectivity index (χ4n) is 1.88. The highest BCUT2D eigenvalue weighted by Gasteiger charge is 2.08. The van der Waals surface area contributed by atoms with Gasteiger partial charge in [-0.1, -0.05) is 18.2 Å². The molecule has 0 saturated carbocycles. The number of H-pyrrole nitrogens is 2. The molecule has 3 aromatic rings. The number of ether oxygens (including phenoxy) is 1. The lowest BCUT2D eigenvalue weighted by Crippen LogP contribution is -2.12. The summed E-state index contributed by atoms with van der Waals surface area (Å²) in [6, 6.07) is 17.6. The highest BCUT2D eigenvalue weighted by atomic mass is 16.5. The minimum absolute atomic E-state index is 0.176. The number of benzene rings is 2. The fourth-order valence-corrected chi connectivity index (χ4v) is 1.88. The molecule has 0 bridgehead atoms. The van der Waals surface area contributed by atoms with Gasteiger partial charge in [-0.15, -0.1) is 0 Å². The number of aromatic amines is 2. The van der Waals surface area contributed by atoms with Crippen LogP contribution in [0, 0.1) is 0 Å². The molecule has 0 fully saturated rings. The number of amides is 1. The second-order valence-electron chi connectivity index (χ2n) is 4.57. The van der Waals surface area contributed by atoms with Crippen molar-refractivity contribution < 1.29 is 9.53 Å². The van der Waals surface area contributed by atoms with Gasteiger partial charge in [0.25, 0.3) is 11.5 Å². The van der Waals surface area contributed by atoms with Crippen molar-refractivity contribution in [3.05, 3.63) is 76.7 Å². The SMILES string of the molecule is O=C(Nc1ccc(Oc2ccccc2)cc1)c1cc(=O)[nH][nH]1. The van der Waals surface area contributed by atoms with Crippen molar-refractivity contribution in [1.82, 2.24) is 10.2 Å². The van der Waals surface area contributed by atoms with Gasteiger partial charge in [-0.25, -0.2) is 0 Å². The van der Waals surface area contributed by atoms with Crippen LogP contribution in [0.3, 0.4) is 0 Å². The molecule has 0 aliphatic heterocycles. The minimum Gasteiger partial charge on any atom is -0.457 e. The lowest BCUT2D eigenvalue weighted by Gasteiger charge is -2.07. The topological polar surface area (TPSA) is 87.0 Å². The van der Waals surface area contributed by atoms with E-state index in [0.29, 0.717) is 11.4 Å². The zero-order valence-electron chi connectivity index (χ0n) is 11.5. The number of nitrogens with one attached hydrogen (secondary N) is 3. The lowest BCUT2D eigenvalue weighted by atomic mass is 10.3. The first-order chi connectivity index (χ1) is 10.7. The summed E-state index contributed by atoms with van der Waals surface area (Å²) in [6.07, 6.45) is 0. The second-order valence-corrected chi connectivity index (χ2v) is 4.57. The summed E-state index contributed by atoms with van der Waals surface area (Å²) >= 11 is 0. The summed E-state index contributed by atoms with van der Waals surface area (Å²) in [5, 5.41) is 7.48. The van der Waals surface area contributed by atoms with Crippen molar-refractivity contribution in [3.8, 4) is 11.5 Å². The van der Waals surface area contributed by atoms with Gasteiger partial charge >= 0.3 is 0 Å². The zero-order valence-corrected chi connectivity index (χ0v) is 11.5. The van der Waals surface area contributed by atoms with E-state index in [-0.39, 0.29) is 11.3 Å². The van der Waals surface area contributed by atoms with Crippen molar-refractivity contribution >= 4 is 11.6 Å². The monoisotopic (exact) mass is 295 g/mol. The number of rotatable bonds is 4. The molecule has 6 nitrogen and oxygen atoms in total. The van der Waals surface area contributed by atoms with Gasteiger partial charge in [-0.2, -0.15) is 0 Å². The predicted molar refractivity (Wildman–Crippen MR) is 82.3 cm³/mol. The van der Waals surface area contributed by atoms with Crippen LogP contribution in [0.2, 0.25) is 0 Å². The maximum atomic E-state index is 11.9. The Balaban J connectivity index is 1.66. The Bertz CT molecular complexity index is 820. The molecule has 3 N–H and O–H groups in total. The fraction of sp³-hybridized carbons (Fsp3) is 0. The molecule has 2 aromatic carbocycles. The third kappa shape index (κ3) is 3.24. The van der Waals surface area contributed by atoms with Crippen LogP contribution in [0.15, 0.2) is 65.5 Å². The van der Waals surface area contributed by atoms with E-state index in [1.54, 1.807) is 24.3 Å². The Kier molecular flexibility index (Phi) is 3.74. The van der Waals surface area contributed by atoms with E-state index in [9.17, 15) is 9.59 Å². The Morgan fingerprint density at radius 3 is 2.23 bits per heavy atom. The van der Waals surface area contributed by atoms with Crippen LogP contribution in [0.1, 0.15) is 10.5 Å². The number of hydrogen-bond donors (Lipinski definition) is 3. The van der Waals surface area contributed by atoms with Gasteiger partial charge in [-0.05, 0) is 36.4 Å². The number of carbonyl (C=O) groups excluding carboxylic acids is 1.